The molecule has 20 heavy (non-hydrogen) atoms. The molecule has 112 valence electrons. The Hall–Kier alpha value is -1.37. The summed E-state index contributed by atoms with van der Waals surface area (Å²) in [6.45, 7) is 0.0988. The topological polar surface area (TPSA) is 91.8 Å². The molecule has 1 N–H and O–H groups in total. The summed E-state index contributed by atoms with van der Waals surface area (Å²) in [5, 5.41) is 9.30. The summed E-state index contributed by atoms with van der Waals surface area (Å²) >= 11 is 0. The quantitative estimate of drug-likeness (QED) is 0.722. The van der Waals surface area contributed by atoms with Gasteiger partial charge in [-0.15, -0.1) is 0 Å². The van der Waals surface area contributed by atoms with Crippen molar-refractivity contribution in [3.8, 4) is 0 Å². The van der Waals surface area contributed by atoms with E-state index in [4.69, 9.17) is 0 Å². The Bertz CT molecular complexity index is 553. The van der Waals surface area contributed by atoms with Crippen molar-refractivity contribution in [2.24, 2.45) is 23.7 Å². The van der Waals surface area contributed by atoms with Crippen LogP contribution in [0.25, 0.3) is 0 Å². The van der Waals surface area contributed by atoms with E-state index in [1.54, 1.807) is 0 Å². The minimum Gasteiger partial charge on any atom is -0.481 e. The van der Waals surface area contributed by atoms with Gasteiger partial charge in [-0.25, -0.2) is 8.42 Å². The molecular formula is C13H19NO5S. The van der Waals surface area contributed by atoms with Crippen LogP contribution < -0.4 is 0 Å². The fourth-order valence-corrected chi connectivity index (χ4v) is 3.77. The van der Waals surface area contributed by atoms with Gasteiger partial charge in [-0.05, 0) is 18.3 Å². The second-order valence-electron chi connectivity index (χ2n) is 5.73. The summed E-state index contributed by atoms with van der Waals surface area (Å²) in [7, 11) is -1.61. The van der Waals surface area contributed by atoms with Crippen molar-refractivity contribution in [3.05, 3.63) is 12.2 Å². The van der Waals surface area contributed by atoms with Crippen LogP contribution in [0, 0.1) is 23.7 Å². The lowest BCUT2D eigenvalue weighted by atomic mass is 9.82. The van der Waals surface area contributed by atoms with Crippen LogP contribution in [0.15, 0.2) is 12.2 Å². The number of carbonyl (C=O) groups is 2. The Morgan fingerprint density at radius 3 is 2.30 bits per heavy atom. The van der Waals surface area contributed by atoms with Crippen molar-refractivity contribution in [1.29, 1.82) is 0 Å². The summed E-state index contributed by atoms with van der Waals surface area (Å²) in [5.74, 6) is -2.67. The van der Waals surface area contributed by atoms with Crippen LogP contribution in [0.5, 0.6) is 0 Å². The first-order chi connectivity index (χ1) is 9.20. The number of sulfone groups is 1. The van der Waals surface area contributed by atoms with E-state index in [0.717, 1.165) is 6.26 Å². The summed E-state index contributed by atoms with van der Waals surface area (Å²) in [5.41, 5.74) is 0. The number of hydrogen-bond donors (Lipinski definition) is 1. The number of carbonyl (C=O) groups excluding carboxylic acids is 1. The number of rotatable bonds is 5. The predicted octanol–water partition coefficient (Wildman–Crippen LogP) is 0.0123. The molecule has 4 unspecified atom stereocenters. The highest BCUT2D eigenvalue weighted by molar-refractivity contribution is 7.90. The standard InChI is InChI=1S/C13H19NO5S/c1-14(5-6-20(2,18)19)12(15)10-8-3-4-9(7-8)11(10)13(16)17/h3-4,8-11H,5-7H2,1-2H3,(H,16,17). The zero-order chi connectivity index (χ0) is 15.1. The highest BCUT2D eigenvalue weighted by atomic mass is 32.2. The Balaban J connectivity index is 2.08. The number of nitrogens with zero attached hydrogens (tertiary/aromatic N) is 1. The summed E-state index contributed by atoms with van der Waals surface area (Å²) in [6.07, 6.45) is 5.61. The third kappa shape index (κ3) is 2.87. The molecule has 4 atom stereocenters. The molecule has 0 aromatic rings. The van der Waals surface area contributed by atoms with Crippen LogP contribution in [0.4, 0.5) is 0 Å². The predicted molar refractivity (Wildman–Crippen MR) is 72.7 cm³/mol. The van der Waals surface area contributed by atoms with E-state index in [2.05, 4.69) is 0 Å². The molecule has 0 saturated heterocycles. The monoisotopic (exact) mass is 301 g/mol. The normalized spacial score (nSPS) is 31.5. The van der Waals surface area contributed by atoms with Crippen molar-refractivity contribution < 1.29 is 23.1 Å². The number of carboxylic acids is 1. The number of hydrogen-bond acceptors (Lipinski definition) is 4. The van der Waals surface area contributed by atoms with E-state index in [-0.39, 0.29) is 30.0 Å². The SMILES string of the molecule is CN(CCS(C)(=O)=O)C(=O)C1C2C=CC(C2)C1C(=O)O. The lowest BCUT2D eigenvalue weighted by molar-refractivity contribution is -0.150. The lowest BCUT2D eigenvalue weighted by Gasteiger charge is -2.28. The van der Waals surface area contributed by atoms with Crippen LogP contribution >= 0.6 is 0 Å². The zero-order valence-electron chi connectivity index (χ0n) is 11.5. The Morgan fingerprint density at radius 2 is 1.80 bits per heavy atom. The Morgan fingerprint density at radius 1 is 1.25 bits per heavy atom. The Kier molecular flexibility index (Phi) is 3.90. The number of aliphatic carboxylic acids is 1. The molecule has 1 saturated carbocycles. The average molecular weight is 301 g/mol. The van der Waals surface area contributed by atoms with Gasteiger partial charge in [-0.3, -0.25) is 9.59 Å². The fourth-order valence-electron chi connectivity index (χ4n) is 3.16. The maximum absolute atomic E-state index is 12.4. The van der Waals surface area contributed by atoms with Gasteiger partial charge in [0.25, 0.3) is 0 Å². The highest BCUT2D eigenvalue weighted by Gasteiger charge is 2.52. The van der Waals surface area contributed by atoms with Crippen molar-refractivity contribution in [1.82, 2.24) is 4.90 Å². The van der Waals surface area contributed by atoms with Gasteiger partial charge in [-0.2, -0.15) is 0 Å². The van der Waals surface area contributed by atoms with Crippen LogP contribution in [-0.2, 0) is 19.4 Å². The molecule has 0 spiro atoms. The molecule has 2 aliphatic rings. The van der Waals surface area contributed by atoms with Crippen LogP contribution in [-0.4, -0.2) is 55.9 Å². The van der Waals surface area contributed by atoms with E-state index in [1.807, 2.05) is 12.2 Å². The number of amides is 1. The maximum atomic E-state index is 12.4. The molecule has 7 heteroatoms. The summed E-state index contributed by atoms with van der Waals surface area (Å²) in [4.78, 5) is 25.1. The minimum absolute atomic E-state index is 0.0331. The lowest BCUT2D eigenvalue weighted by Crippen LogP contribution is -2.42. The molecular weight excluding hydrogens is 282 g/mol. The molecule has 1 amide bonds. The van der Waals surface area contributed by atoms with Crippen molar-refractivity contribution in [3.63, 3.8) is 0 Å². The largest absolute Gasteiger partial charge is 0.481 e. The van der Waals surface area contributed by atoms with Gasteiger partial charge in [0.1, 0.15) is 9.84 Å². The van der Waals surface area contributed by atoms with Crippen molar-refractivity contribution >= 4 is 21.7 Å². The summed E-state index contributed by atoms with van der Waals surface area (Å²) < 4.78 is 22.3. The molecule has 2 bridgehead atoms. The van der Waals surface area contributed by atoms with Gasteiger partial charge in [-0.1, -0.05) is 12.2 Å². The molecule has 2 aliphatic carbocycles. The minimum atomic E-state index is -3.14. The second kappa shape index (κ2) is 5.20. The zero-order valence-corrected chi connectivity index (χ0v) is 12.3. The number of allylic oxidation sites excluding steroid dienone is 2. The fraction of sp³-hybridized carbons (Fsp3) is 0.692. The first kappa shape index (κ1) is 15.0. The van der Waals surface area contributed by atoms with E-state index in [1.165, 1.54) is 11.9 Å². The van der Waals surface area contributed by atoms with E-state index in [9.17, 15) is 23.1 Å². The van der Waals surface area contributed by atoms with Crippen LogP contribution in [0.2, 0.25) is 0 Å². The molecule has 1 fully saturated rings. The van der Waals surface area contributed by atoms with Gasteiger partial charge in [0.05, 0.1) is 17.6 Å². The molecule has 0 heterocycles. The first-order valence-electron chi connectivity index (χ1n) is 6.54. The van der Waals surface area contributed by atoms with E-state index in [0.29, 0.717) is 6.42 Å². The summed E-state index contributed by atoms with van der Waals surface area (Å²) in [6, 6.07) is 0. The highest BCUT2D eigenvalue weighted by Crippen LogP contribution is 2.48. The molecule has 6 nitrogen and oxygen atoms in total. The van der Waals surface area contributed by atoms with Gasteiger partial charge in [0.15, 0.2) is 0 Å². The molecule has 0 aromatic heterocycles. The second-order valence-corrected chi connectivity index (χ2v) is 7.99. The molecule has 0 radical (unpaired) electrons. The molecule has 0 aliphatic heterocycles. The average Bonchev–Trinajstić information content (AvgIpc) is 2.93. The first-order valence-corrected chi connectivity index (χ1v) is 8.60. The smallest absolute Gasteiger partial charge is 0.307 e. The van der Waals surface area contributed by atoms with Crippen LogP contribution in [0.3, 0.4) is 0 Å². The molecule has 0 aromatic carbocycles. The maximum Gasteiger partial charge on any atom is 0.307 e. The van der Waals surface area contributed by atoms with Gasteiger partial charge in [0.2, 0.25) is 5.91 Å². The van der Waals surface area contributed by atoms with Crippen molar-refractivity contribution in [2.75, 3.05) is 25.6 Å². The molecule has 2 rings (SSSR count). The van der Waals surface area contributed by atoms with E-state index < -0.39 is 27.6 Å². The third-order valence-electron chi connectivity index (χ3n) is 4.20. The van der Waals surface area contributed by atoms with Gasteiger partial charge >= 0.3 is 5.97 Å². The van der Waals surface area contributed by atoms with Gasteiger partial charge < -0.3 is 10.0 Å². The van der Waals surface area contributed by atoms with Crippen molar-refractivity contribution in [2.45, 2.75) is 6.42 Å². The Labute approximate surface area is 118 Å². The van der Waals surface area contributed by atoms with Gasteiger partial charge in [0, 0.05) is 19.8 Å². The van der Waals surface area contributed by atoms with E-state index >= 15 is 0 Å². The van der Waals surface area contributed by atoms with Crippen LogP contribution in [0.1, 0.15) is 6.42 Å². The number of fused-ring (bicyclic) bond motifs is 2. The number of carboxylic acid groups (broad SMARTS) is 1. The third-order valence-corrected chi connectivity index (χ3v) is 5.13.